The molecular weight excluding hydrogens is 332 g/mol. The molecule has 0 aromatic heterocycles. The number of carbonyl (C=O) groups is 1. The summed E-state index contributed by atoms with van der Waals surface area (Å²) in [6, 6.07) is 7.17. The second-order valence-electron chi connectivity index (χ2n) is 5.68. The fraction of sp³-hybridized carbons (Fsp3) is 0.588. The van der Waals surface area contributed by atoms with E-state index >= 15 is 0 Å². The minimum atomic E-state index is -0.462. The molecule has 0 spiro atoms. The highest BCUT2D eigenvalue weighted by Gasteiger charge is 2.26. The zero-order valence-corrected chi connectivity index (χ0v) is 14.8. The summed E-state index contributed by atoms with van der Waals surface area (Å²) in [6.45, 7) is 2.93. The van der Waals surface area contributed by atoms with Gasteiger partial charge in [0.15, 0.2) is 0 Å². The first-order valence-electron chi connectivity index (χ1n) is 8.02. The lowest BCUT2D eigenvalue weighted by Crippen LogP contribution is -2.46. The van der Waals surface area contributed by atoms with E-state index in [1.807, 2.05) is 24.3 Å². The van der Waals surface area contributed by atoms with Crippen molar-refractivity contribution < 1.29 is 19.0 Å². The van der Waals surface area contributed by atoms with Crippen molar-refractivity contribution in [3.05, 3.63) is 29.8 Å². The van der Waals surface area contributed by atoms with Gasteiger partial charge in [-0.1, -0.05) is 12.1 Å². The molecule has 3 N–H and O–H groups in total. The van der Waals surface area contributed by atoms with Crippen LogP contribution in [0.1, 0.15) is 18.4 Å². The van der Waals surface area contributed by atoms with Gasteiger partial charge in [-0.15, -0.1) is 12.4 Å². The third-order valence-electron chi connectivity index (χ3n) is 4.02. The average molecular weight is 359 g/mol. The molecule has 136 valence electrons. The SMILES string of the molecule is COCCOc1ccc(CNC(=O)C(N)C2CCOCC2)cc1.Cl. The fourth-order valence-corrected chi connectivity index (χ4v) is 2.54. The van der Waals surface area contributed by atoms with Crippen LogP contribution in [0.15, 0.2) is 24.3 Å². The fourth-order valence-electron chi connectivity index (χ4n) is 2.54. The first-order valence-corrected chi connectivity index (χ1v) is 8.02. The number of carbonyl (C=O) groups excluding carboxylic acids is 1. The van der Waals surface area contributed by atoms with E-state index in [1.54, 1.807) is 7.11 Å². The normalized spacial score (nSPS) is 16.1. The van der Waals surface area contributed by atoms with Crippen molar-refractivity contribution in [3.8, 4) is 5.75 Å². The number of amides is 1. The van der Waals surface area contributed by atoms with Gasteiger partial charge in [0.2, 0.25) is 5.91 Å². The van der Waals surface area contributed by atoms with E-state index in [9.17, 15) is 4.79 Å². The first kappa shape index (κ1) is 20.7. The molecule has 6 nitrogen and oxygen atoms in total. The molecule has 1 heterocycles. The van der Waals surface area contributed by atoms with Gasteiger partial charge >= 0.3 is 0 Å². The highest BCUT2D eigenvalue weighted by molar-refractivity contribution is 5.85. The molecule has 1 amide bonds. The highest BCUT2D eigenvalue weighted by atomic mass is 35.5. The van der Waals surface area contributed by atoms with Crippen LogP contribution in [0, 0.1) is 5.92 Å². The molecule has 1 unspecified atom stereocenters. The maximum absolute atomic E-state index is 12.1. The molecular formula is C17H27ClN2O4. The van der Waals surface area contributed by atoms with E-state index in [0.29, 0.717) is 33.0 Å². The van der Waals surface area contributed by atoms with Crippen LogP contribution >= 0.6 is 12.4 Å². The molecule has 0 bridgehead atoms. The molecule has 1 aromatic carbocycles. The Bertz CT molecular complexity index is 478. The van der Waals surface area contributed by atoms with E-state index < -0.39 is 6.04 Å². The minimum absolute atomic E-state index is 0. The van der Waals surface area contributed by atoms with Crippen molar-refractivity contribution in [2.24, 2.45) is 11.7 Å². The minimum Gasteiger partial charge on any atom is -0.491 e. The van der Waals surface area contributed by atoms with Crippen LogP contribution in [0.4, 0.5) is 0 Å². The molecule has 0 saturated carbocycles. The van der Waals surface area contributed by atoms with Gasteiger partial charge in [-0.3, -0.25) is 4.79 Å². The molecule has 1 atom stereocenters. The van der Waals surface area contributed by atoms with Gasteiger partial charge in [0, 0.05) is 26.9 Å². The second kappa shape index (κ2) is 11.3. The second-order valence-corrected chi connectivity index (χ2v) is 5.68. The maximum Gasteiger partial charge on any atom is 0.237 e. The highest BCUT2D eigenvalue weighted by Crippen LogP contribution is 2.18. The Morgan fingerprint density at radius 3 is 2.58 bits per heavy atom. The van der Waals surface area contributed by atoms with E-state index in [-0.39, 0.29) is 24.2 Å². The van der Waals surface area contributed by atoms with Crippen LogP contribution < -0.4 is 15.8 Å². The third-order valence-corrected chi connectivity index (χ3v) is 4.02. The Labute approximate surface area is 149 Å². The molecule has 0 radical (unpaired) electrons. The van der Waals surface area contributed by atoms with Crippen molar-refractivity contribution in [1.29, 1.82) is 0 Å². The van der Waals surface area contributed by atoms with E-state index in [1.165, 1.54) is 0 Å². The molecule has 2 rings (SSSR count). The van der Waals surface area contributed by atoms with Crippen molar-refractivity contribution in [2.45, 2.75) is 25.4 Å². The molecule has 1 fully saturated rings. The number of rotatable bonds is 8. The van der Waals surface area contributed by atoms with Crippen molar-refractivity contribution in [3.63, 3.8) is 0 Å². The Morgan fingerprint density at radius 1 is 1.29 bits per heavy atom. The molecule has 1 saturated heterocycles. The van der Waals surface area contributed by atoms with Gasteiger partial charge in [-0.05, 0) is 36.5 Å². The lowest BCUT2D eigenvalue weighted by Gasteiger charge is -2.26. The Morgan fingerprint density at radius 2 is 1.96 bits per heavy atom. The lowest BCUT2D eigenvalue weighted by molar-refractivity contribution is -0.124. The van der Waals surface area contributed by atoms with Crippen LogP contribution in [-0.2, 0) is 20.8 Å². The zero-order valence-electron chi connectivity index (χ0n) is 14.0. The lowest BCUT2D eigenvalue weighted by atomic mass is 9.92. The number of hydrogen-bond acceptors (Lipinski definition) is 5. The summed E-state index contributed by atoms with van der Waals surface area (Å²) in [7, 11) is 1.64. The summed E-state index contributed by atoms with van der Waals surface area (Å²) in [4.78, 5) is 12.1. The predicted molar refractivity (Wildman–Crippen MR) is 94.4 cm³/mol. The van der Waals surface area contributed by atoms with Gasteiger partial charge in [-0.2, -0.15) is 0 Å². The summed E-state index contributed by atoms with van der Waals surface area (Å²) in [5.41, 5.74) is 7.06. The Hall–Kier alpha value is -1.34. The number of nitrogens with one attached hydrogen (secondary N) is 1. The molecule has 1 aliphatic rings. The molecule has 7 heteroatoms. The number of methoxy groups -OCH3 is 1. The van der Waals surface area contributed by atoms with Crippen molar-refractivity contribution >= 4 is 18.3 Å². The number of nitrogens with two attached hydrogens (primary N) is 1. The van der Waals surface area contributed by atoms with Gasteiger partial charge in [0.1, 0.15) is 12.4 Å². The van der Waals surface area contributed by atoms with Gasteiger partial charge in [0.25, 0.3) is 0 Å². The quantitative estimate of drug-likeness (QED) is 0.688. The standard InChI is InChI=1S/C17H26N2O4.ClH/c1-21-10-11-23-15-4-2-13(3-5-15)12-19-17(20)16(18)14-6-8-22-9-7-14;/h2-5,14,16H,6-12,18H2,1H3,(H,19,20);1H. The summed E-state index contributed by atoms with van der Waals surface area (Å²) in [5, 5.41) is 2.90. The number of ether oxygens (including phenoxy) is 3. The zero-order chi connectivity index (χ0) is 16.5. The van der Waals surface area contributed by atoms with Crippen LogP contribution in [0.2, 0.25) is 0 Å². The van der Waals surface area contributed by atoms with E-state index in [0.717, 1.165) is 24.2 Å². The topological polar surface area (TPSA) is 82.8 Å². The largest absolute Gasteiger partial charge is 0.491 e. The van der Waals surface area contributed by atoms with Crippen LogP contribution in [-0.4, -0.2) is 45.5 Å². The van der Waals surface area contributed by atoms with E-state index in [4.69, 9.17) is 19.9 Å². The summed E-state index contributed by atoms with van der Waals surface area (Å²) >= 11 is 0. The summed E-state index contributed by atoms with van der Waals surface area (Å²) < 4.78 is 15.7. The molecule has 1 aliphatic heterocycles. The summed E-state index contributed by atoms with van der Waals surface area (Å²) in [5.74, 6) is 0.897. The monoisotopic (exact) mass is 358 g/mol. The maximum atomic E-state index is 12.1. The van der Waals surface area contributed by atoms with Crippen LogP contribution in [0.25, 0.3) is 0 Å². The molecule has 24 heavy (non-hydrogen) atoms. The van der Waals surface area contributed by atoms with Crippen molar-refractivity contribution in [1.82, 2.24) is 5.32 Å². The van der Waals surface area contributed by atoms with Crippen LogP contribution in [0.5, 0.6) is 5.75 Å². The Kier molecular flexibility index (Phi) is 9.71. The number of halogens is 1. The van der Waals surface area contributed by atoms with Gasteiger partial charge in [-0.25, -0.2) is 0 Å². The molecule has 1 aromatic rings. The molecule has 0 aliphatic carbocycles. The number of hydrogen-bond donors (Lipinski definition) is 2. The average Bonchev–Trinajstić information content (AvgIpc) is 2.61. The number of benzene rings is 1. The van der Waals surface area contributed by atoms with Crippen LogP contribution in [0.3, 0.4) is 0 Å². The van der Waals surface area contributed by atoms with E-state index in [2.05, 4.69) is 5.32 Å². The predicted octanol–water partition coefficient (Wildman–Crippen LogP) is 1.50. The summed E-state index contributed by atoms with van der Waals surface area (Å²) in [6.07, 6.45) is 1.70. The first-order chi connectivity index (χ1) is 11.2. The van der Waals surface area contributed by atoms with Crippen molar-refractivity contribution in [2.75, 3.05) is 33.5 Å². The smallest absolute Gasteiger partial charge is 0.237 e. The van der Waals surface area contributed by atoms with Gasteiger partial charge < -0.3 is 25.3 Å². The van der Waals surface area contributed by atoms with Gasteiger partial charge in [0.05, 0.1) is 12.6 Å². The Balaban J connectivity index is 0.00000288. The third kappa shape index (κ3) is 6.65.